The van der Waals surface area contributed by atoms with Crippen LogP contribution in [0.3, 0.4) is 0 Å². The minimum Gasteiger partial charge on any atom is -0.397 e. The number of aromatic nitrogens is 2. The van der Waals surface area contributed by atoms with Crippen LogP contribution in [0.15, 0.2) is 16.0 Å². The molecule has 0 radical (unpaired) electrons. The molecule has 0 amide bonds. The van der Waals surface area contributed by atoms with Crippen LogP contribution in [0, 0.1) is 0 Å². The van der Waals surface area contributed by atoms with Gasteiger partial charge in [-0.2, -0.15) is 4.98 Å². The first kappa shape index (κ1) is 12.4. The number of thiophene rings is 1. The molecular weight excluding hydrogens is 254 g/mol. The maximum absolute atomic E-state index is 5.80. The lowest BCUT2D eigenvalue weighted by molar-refractivity contribution is 0.426. The Labute approximate surface area is 109 Å². The maximum Gasteiger partial charge on any atom is 0.270 e. The van der Waals surface area contributed by atoms with Gasteiger partial charge in [0.2, 0.25) is 0 Å². The quantitative estimate of drug-likeness (QED) is 0.925. The number of nitrogen functional groups attached to an aromatic ring is 1. The van der Waals surface area contributed by atoms with Gasteiger partial charge in [0, 0.05) is 4.75 Å². The van der Waals surface area contributed by atoms with Gasteiger partial charge in [0.25, 0.3) is 5.89 Å². The second-order valence-electron chi connectivity index (χ2n) is 4.62. The van der Waals surface area contributed by atoms with Gasteiger partial charge in [-0.3, -0.25) is 0 Å². The molecule has 0 saturated carbocycles. The lowest BCUT2D eigenvalue weighted by atomic mass is 10.3. The molecule has 0 aliphatic heterocycles. The van der Waals surface area contributed by atoms with Crippen LogP contribution in [0.2, 0.25) is 0 Å². The summed E-state index contributed by atoms with van der Waals surface area (Å²) in [5.41, 5.74) is 6.49. The summed E-state index contributed by atoms with van der Waals surface area (Å²) in [7, 11) is 0. The molecule has 0 aliphatic carbocycles. The van der Waals surface area contributed by atoms with Crippen molar-refractivity contribution in [2.75, 3.05) is 5.73 Å². The summed E-state index contributed by atoms with van der Waals surface area (Å²) in [6.45, 7) is 6.49. The van der Waals surface area contributed by atoms with Crippen molar-refractivity contribution in [2.24, 2.45) is 0 Å². The van der Waals surface area contributed by atoms with E-state index in [0.717, 1.165) is 10.6 Å². The summed E-state index contributed by atoms with van der Waals surface area (Å²) in [5.74, 6) is 1.98. The van der Waals surface area contributed by atoms with E-state index < -0.39 is 0 Å². The average Bonchev–Trinajstić information content (AvgIpc) is 2.81. The molecule has 0 spiro atoms. The first-order valence-corrected chi connectivity index (χ1v) is 7.12. The summed E-state index contributed by atoms with van der Waals surface area (Å²) < 4.78 is 5.41. The van der Waals surface area contributed by atoms with Crippen LogP contribution >= 0.6 is 23.1 Å². The minimum absolute atomic E-state index is 0.197. The molecule has 0 bridgehead atoms. The number of thioether (sulfide) groups is 1. The summed E-state index contributed by atoms with van der Waals surface area (Å²) in [5, 5.41) is 5.88. The van der Waals surface area contributed by atoms with Crippen LogP contribution in [-0.2, 0) is 5.75 Å². The lowest BCUT2D eigenvalue weighted by Crippen LogP contribution is -2.07. The highest BCUT2D eigenvalue weighted by Crippen LogP contribution is 2.31. The molecule has 2 N–H and O–H groups in total. The molecule has 2 heterocycles. The van der Waals surface area contributed by atoms with E-state index in [9.17, 15) is 0 Å². The van der Waals surface area contributed by atoms with Crippen LogP contribution in [0.25, 0.3) is 10.8 Å². The Bertz CT molecular complexity index is 499. The second-order valence-corrected chi connectivity index (χ2v) is 7.34. The highest BCUT2D eigenvalue weighted by Gasteiger charge is 2.16. The second kappa shape index (κ2) is 4.70. The first-order chi connectivity index (χ1) is 7.96. The van der Waals surface area contributed by atoms with Crippen LogP contribution < -0.4 is 5.73 Å². The molecule has 0 unspecified atom stereocenters. The van der Waals surface area contributed by atoms with Gasteiger partial charge < -0.3 is 10.3 Å². The zero-order valence-electron chi connectivity index (χ0n) is 10.1. The topological polar surface area (TPSA) is 64.9 Å². The van der Waals surface area contributed by atoms with Crippen LogP contribution in [0.4, 0.5) is 5.69 Å². The fraction of sp³-hybridized carbons (Fsp3) is 0.455. The normalized spacial score (nSPS) is 11.9. The van der Waals surface area contributed by atoms with E-state index in [2.05, 4.69) is 30.9 Å². The minimum atomic E-state index is 0.197. The van der Waals surface area contributed by atoms with E-state index in [1.54, 1.807) is 11.8 Å². The molecule has 17 heavy (non-hydrogen) atoms. The van der Waals surface area contributed by atoms with Gasteiger partial charge in [0.05, 0.1) is 11.4 Å². The van der Waals surface area contributed by atoms with E-state index in [4.69, 9.17) is 10.3 Å². The lowest BCUT2D eigenvalue weighted by Gasteiger charge is -2.15. The fourth-order valence-corrected chi connectivity index (χ4v) is 2.60. The summed E-state index contributed by atoms with van der Waals surface area (Å²) in [6.07, 6.45) is 0. The summed E-state index contributed by atoms with van der Waals surface area (Å²) in [4.78, 5) is 5.20. The first-order valence-electron chi connectivity index (χ1n) is 5.25. The van der Waals surface area contributed by atoms with Crippen molar-refractivity contribution >= 4 is 28.8 Å². The van der Waals surface area contributed by atoms with Crippen molar-refractivity contribution in [1.82, 2.24) is 10.1 Å². The number of hydrogen-bond acceptors (Lipinski definition) is 6. The van der Waals surface area contributed by atoms with Gasteiger partial charge in [-0.25, -0.2) is 0 Å². The average molecular weight is 269 g/mol. The standard InChI is InChI=1S/C11H15N3OS2/c1-11(2,3)17-6-8-13-10(15-14-8)9-7(12)4-5-16-9/h4-5H,6,12H2,1-3H3. The third-order valence-corrected chi connectivity index (χ3v) is 4.18. The zero-order chi connectivity index (χ0) is 12.5. The Morgan fingerprint density at radius 1 is 1.47 bits per heavy atom. The van der Waals surface area contributed by atoms with Crippen molar-refractivity contribution in [2.45, 2.75) is 31.3 Å². The molecule has 2 aromatic rings. The number of nitrogens with zero attached hydrogens (tertiary/aromatic N) is 2. The van der Waals surface area contributed by atoms with Gasteiger partial charge in [-0.15, -0.1) is 23.1 Å². The van der Waals surface area contributed by atoms with Crippen LogP contribution in [-0.4, -0.2) is 14.9 Å². The number of hydrogen-bond donors (Lipinski definition) is 1. The SMILES string of the molecule is CC(C)(C)SCc1noc(-c2sccc2N)n1. The molecule has 0 fully saturated rings. The Hall–Kier alpha value is -1.01. The van der Waals surface area contributed by atoms with E-state index in [-0.39, 0.29) is 4.75 Å². The molecule has 0 atom stereocenters. The number of anilines is 1. The van der Waals surface area contributed by atoms with Gasteiger partial charge in [-0.05, 0) is 11.4 Å². The Morgan fingerprint density at radius 2 is 2.24 bits per heavy atom. The Morgan fingerprint density at radius 3 is 2.82 bits per heavy atom. The van der Waals surface area contributed by atoms with Crippen LogP contribution in [0.5, 0.6) is 0 Å². The molecule has 2 aromatic heterocycles. The highest BCUT2D eigenvalue weighted by atomic mass is 32.2. The van der Waals surface area contributed by atoms with Gasteiger partial charge in [0.15, 0.2) is 5.82 Å². The molecule has 0 aliphatic rings. The third-order valence-electron chi connectivity index (χ3n) is 1.99. The van der Waals surface area contributed by atoms with Gasteiger partial charge in [0.1, 0.15) is 4.88 Å². The van der Waals surface area contributed by atoms with Crippen molar-refractivity contribution in [3.63, 3.8) is 0 Å². The molecule has 2 rings (SSSR count). The van der Waals surface area contributed by atoms with E-state index >= 15 is 0 Å². The van der Waals surface area contributed by atoms with E-state index in [1.807, 2.05) is 11.4 Å². The third kappa shape index (κ3) is 3.23. The predicted octanol–water partition coefficient (Wildman–Crippen LogP) is 3.41. The Balaban J connectivity index is 2.09. The van der Waals surface area contributed by atoms with Gasteiger partial charge >= 0.3 is 0 Å². The van der Waals surface area contributed by atoms with Crippen molar-refractivity contribution in [1.29, 1.82) is 0 Å². The van der Waals surface area contributed by atoms with Crippen molar-refractivity contribution in [3.8, 4) is 10.8 Å². The summed E-state index contributed by atoms with van der Waals surface area (Å²) >= 11 is 3.30. The predicted molar refractivity (Wildman–Crippen MR) is 73.1 cm³/mol. The molecule has 0 aromatic carbocycles. The molecular formula is C11H15N3OS2. The fourth-order valence-electron chi connectivity index (χ4n) is 1.18. The zero-order valence-corrected chi connectivity index (χ0v) is 11.7. The summed E-state index contributed by atoms with van der Waals surface area (Å²) in [6, 6.07) is 1.84. The largest absolute Gasteiger partial charge is 0.397 e. The monoisotopic (exact) mass is 269 g/mol. The molecule has 92 valence electrons. The number of nitrogens with two attached hydrogens (primary N) is 1. The highest BCUT2D eigenvalue weighted by molar-refractivity contribution is 7.99. The van der Waals surface area contributed by atoms with Gasteiger partial charge in [-0.1, -0.05) is 25.9 Å². The van der Waals surface area contributed by atoms with E-state index in [1.165, 1.54) is 11.3 Å². The van der Waals surface area contributed by atoms with E-state index in [0.29, 0.717) is 17.4 Å². The van der Waals surface area contributed by atoms with Crippen LogP contribution in [0.1, 0.15) is 26.6 Å². The smallest absolute Gasteiger partial charge is 0.270 e. The molecule has 4 nitrogen and oxygen atoms in total. The maximum atomic E-state index is 5.80. The van der Waals surface area contributed by atoms with Crippen molar-refractivity contribution < 1.29 is 4.52 Å². The van der Waals surface area contributed by atoms with Crippen molar-refractivity contribution in [3.05, 3.63) is 17.3 Å². The number of rotatable bonds is 3. The molecule has 6 heteroatoms. The molecule has 0 saturated heterocycles. The Kier molecular flexibility index (Phi) is 3.44.